The lowest BCUT2D eigenvalue weighted by molar-refractivity contribution is -0.135. The van der Waals surface area contributed by atoms with Crippen molar-refractivity contribution in [2.75, 3.05) is 37.2 Å². The number of methoxy groups -OCH3 is 2. The van der Waals surface area contributed by atoms with E-state index in [2.05, 4.69) is 89.9 Å². The first-order valence-electron chi connectivity index (χ1n) is 44.1. The van der Waals surface area contributed by atoms with E-state index in [-0.39, 0.29) is 46.0 Å². The van der Waals surface area contributed by atoms with Crippen molar-refractivity contribution in [2.24, 2.45) is 10.8 Å². The summed E-state index contributed by atoms with van der Waals surface area (Å²) in [5.41, 5.74) is 41.6. The van der Waals surface area contributed by atoms with E-state index in [4.69, 9.17) is 49.7 Å². The van der Waals surface area contributed by atoms with Crippen LogP contribution in [0.4, 0.5) is 28.8 Å². The van der Waals surface area contributed by atoms with Crippen molar-refractivity contribution in [3.8, 4) is 11.1 Å². The Morgan fingerprint density at radius 2 is 0.951 bits per heavy atom. The van der Waals surface area contributed by atoms with E-state index in [1.807, 2.05) is 196 Å². The molecule has 0 atom stereocenters. The van der Waals surface area contributed by atoms with Crippen molar-refractivity contribution >= 4 is 156 Å². The lowest BCUT2D eigenvalue weighted by atomic mass is 9.61. The number of aryl methyl sites for hydroxylation is 6. The first-order chi connectivity index (χ1) is 67.7. The number of ketones is 2. The standard InChI is InChI=1S/C25H28BNO5.C16H11ClN4.C16H12N4O.C9H10N4O2.C9H8O3.C8H10N6O.C8H7N5O.C7H9N5/c1-22(2)23(3,4)32-26(31-22)17-12-10-16(11-13-17)25(14-24(5,30)15-25)27-20(28)18-8-6-7-9-19(18)21(27)29;1-10-7-14-18-9-12-8-13(11-5-3-2-4-6-11)15(17)19-16(12)21(14)20-10;1-10-7-15-17-9-12-13(20(15)19-10)8-14(21)16(18-12)11-5-3-2-4-6-11;1-5-3-7-11-4-6(9(14)15-2)8(10)13(7)12-5;1-12-9(11)8(10)7-5-3-2-4-6-7;1-4-2-6-11-3-5(8(15)12-10)7(9)14(6)13-4;1-4-2-6-9-3-5-7(13(6)12-4)11-8(14)10-5;1-4-2-6-10-3-5(8)7(9)12(6)11-4/h6-13,30H,14-15H2,1-5H3;2-9H,1H3;2-7,9H,8H2,1H3;3-4H,10H2,1-2H3;2-6H,1H3;2-3H,9-10H2,1H3,(H,12,15);2-3H,1H3,(H2,10,11,14);2-3H,8-9H2,1H3. The predicted molar refractivity (Wildman–Crippen MR) is 530 cm³/mol. The number of benzene rings is 5. The Morgan fingerprint density at radius 3 is 1.49 bits per heavy atom. The van der Waals surface area contributed by atoms with Gasteiger partial charge in [0.15, 0.2) is 56.8 Å². The van der Waals surface area contributed by atoms with Crippen LogP contribution in [0.25, 0.3) is 67.2 Å². The number of nitrogen functional groups attached to an aromatic ring is 5. The zero-order valence-corrected chi connectivity index (χ0v) is 79.7. The van der Waals surface area contributed by atoms with Crippen LogP contribution in [-0.2, 0) is 40.3 Å². The number of anilines is 4. The summed E-state index contributed by atoms with van der Waals surface area (Å²) in [6.07, 6.45) is 10.3. The van der Waals surface area contributed by atoms with Gasteiger partial charge in [0.1, 0.15) is 44.8 Å². The summed E-state index contributed by atoms with van der Waals surface area (Å²) >= 11 is 6.37. The number of aromatic nitrogens is 21. The number of esters is 2. The SMILES string of the molecule is CC1(O)CC(c2ccc(B3OC(C)(C)C(C)(C)O3)cc2)(N2C(=O)c3ccccc3C2=O)C1.COC(=O)C(=O)c1ccccc1.COC(=O)c1cnc2cc(C)nn2c1N.Cc1cc2ncc(C(=O)NN)c(N)n2n1.Cc1cc2ncc(N)c(N)n2n1.Cc1cc2ncc3[nH]c(=O)[nH]c3n2n1.Cc1cc2ncc3c(n2n1)CC(=O)C(c1ccccc1)=N3.Cc1cc2ncc3cc(-c4ccccc4)c(Cl)nc3n2n1. The van der Waals surface area contributed by atoms with Gasteiger partial charge in [-0.25, -0.2) is 64.6 Å². The number of amides is 3. The minimum Gasteiger partial charge on any atom is -0.465 e. The molecule has 1 saturated carbocycles. The largest absolute Gasteiger partial charge is 0.494 e. The number of imidazole rings is 1. The van der Waals surface area contributed by atoms with Gasteiger partial charge in [-0.1, -0.05) is 139 Å². The number of hydrogen-bond acceptors (Lipinski definition) is 32. The van der Waals surface area contributed by atoms with Gasteiger partial charge in [-0.15, -0.1) is 0 Å². The zero-order valence-electron chi connectivity index (χ0n) is 79.0. The third-order valence-electron chi connectivity index (χ3n) is 23.7. The Bertz CT molecular complexity index is 8100. The van der Waals surface area contributed by atoms with Crippen LogP contribution in [0.15, 0.2) is 229 Å². The Morgan fingerprint density at radius 1 is 0.500 bits per heavy atom. The number of ether oxygens (including phenoxy) is 2. The number of aliphatic imine (C=N–C) groups is 1. The molecule has 44 heteroatoms. The third kappa shape index (κ3) is 19.7. The second-order valence-corrected chi connectivity index (χ2v) is 35.1. The second kappa shape index (κ2) is 39.5. The van der Waals surface area contributed by atoms with E-state index < -0.39 is 53.1 Å². The minimum atomic E-state index is -0.945. The predicted octanol–water partition coefficient (Wildman–Crippen LogP) is 10.3. The number of halogens is 1. The summed E-state index contributed by atoms with van der Waals surface area (Å²) in [4.78, 5) is 135. The van der Waals surface area contributed by atoms with Crippen molar-refractivity contribution in [3.63, 3.8) is 0 Å². The van der Waals surface area contributed by atoms with Gasteiger partial charge in [-0.2, -0.15) is 53.2 Å². The maximum Gasteiger partial charge on any atom is 0.494 e. The third-order valence-corrected chi connectivity index (χ3v) is 24.0. The molecule has 17 heterocycles. The van der Waals surface area contributed by atoms with Gasteiger partial charge in [-0.05, 0) is 111 Å². The van der Waals surface area contributed by atoms with Crippen molar-refractivity contribution in [1.82, 2.24) is 113 Å². The highest BCUT2D eigenvalue weighted by Crippen LogP contribution is 2.55. The molecule has 4 aliphatic rings. The summed E-state index contributed by atoms with van der Waals surface area (Å²) < 4.78 is 30.5. The fraction of sp³-hybridized carbons (Fsp3) is 0.204. The monoisotopic (exact) mass is 1930 g/mol. The van der Waals surface area contributed by atoms with E-state index in [0.29, 0.717) is 86.5 Å². The number of pyridine rings is 1. The Kier molecular flexibility index (Phi) is 27.1. The zero-order chi connectivity index (χ0) is 101. The maximum atomic E-state index is 13.2. The molecule has 2 fully saturated rings. The number of nitrogens with one attached hydrogen (secondary N) is 3. The van der Waals surface area contributed by atoms with E-state index in [1.54, 1.807) is 99.6 Å². The number of fused-ring (bicyclic) bond motifs is 13. The lowest BCUT2D eigenvalue weighted by Gasteiger charge is -2.55. The molecule has 0 radical (unpaired) electrons. The number of nitrogens with two attached hydrogens (primary N) is 5. The van der Waals surface area contributed by atoms with Crippen LogP contribution >= 0.6 is 11.6 Å². The van der Waals surface area contributed by atoms with Crippen LogP contribution in [0, 0.1) is 41.5 Å². The van der Waals surface area contributed by atoms with Gasteiger partial charge >= 0.3 is 24.7 Å². The van der Waals surface area contributed by atoms with E-state index >= 15 is 0 Å². The van der Waals surface area contributed by atoms with Crippen LogP contribution < -0.4 is 45.4 Å². The van der Waals surface area contributed by atoms with Gasteiger partial charge in [-0.3, -0.25) is 39.3 Å². The molecule has 0 spiro atoms. The molecule has 5 aromatic carbocycles. The summed E-state index contributed by atoms with van der Waals surface area (Å²) in [6.45, 7) is 21.0. The molecule has 14 aromatic heterocycles. The molecule has 23 rings (SSSR count). The van der Waals surface area contributed by atoms with Gasteiger partial charge in [0.2, 0.25) is 0 Å². The van der Waals surface area contributed by atoms with Gasteiger partial charge < -0.3 is 51.8 Å². The molecule has 720 valence electrons. The van der Waals surface area contributed by atoms with E-state index in [1.165, 1.54) is 51.3 Å². The lowest BCUT2D eigenvalue weighted by Crippen LogP contribution is -2.63. The van der Waals surface area contributed by atoms with Gasteiger partial charge in [0, 0.05) is 89.9 Å². The number of aliphatic hydroxyl groups is 1. The summed E-state index contributed by atoms with van der Waals surface area (Å²) in [5.74, 6) is 2.84. The Hall–Kier alpha value is -17.5. The first-order valence-corrected chi connectivity index (χ1v) is 44.5. The summed E-state index contributed by atoms with van der Waals surface area (Å²) in [6, 6.07) is 55.4. The number of rotatable bonds is 9. The van der Waals surface area contributed by atoms with Crippen molar-refractivity contribution in [2.45, 2.75) is 118 Å². The molecule has 3 aliphatic heterocycles. The fourth-order valence-corrected chi connectivity index (χ4v) is 16.5. The maximum absolute atomic E-state index is 13.2. The average Bonchev–Trinajstić information content (AvgIpc) is 1.43. The number of aromatic amines is 2. The van der Waals surface area contributed by atoms with Gasteiger partial charge in [0.25, 0.3) is 23.5 Å². The Balaban J connectivity index is 0.000000119. The number of hydrazine groups is 1. The second-order valence-electron chi connectivity index (χ2n) is 34.8. The molecule has 3 amide bonds. The molecular formula is C98H95BClN29O13. The molecule has 1 aliphatic carbocycles. The summed E-state index contributed by atoms with van der Waals surface area (Å²) in [7, 11) is 1.98. The van der Waals surface area contributed by atoms with Crippen LogP contribution in [0.2, 0.25) is 5.15 Å². The molecular weight excluding hydrogens is 1840 g/mol. The number of carbonyl (C=O) groups is 7. The molecule has 0 unspecified atom stereocenters. The van der Waals surface area contributed by atoms with Crippen molar-refractivity contribution in [1.29, 1.82) is 0 Å². The van der Waals surface area contributed by atoms with Gasteiger partial charge in [0.05, 0.1) is 118 Å². The quantitative estimate of drug-likeness (QED) is 0.00746. The average molecular weight is 1930 g/mol. The molecule has 142 heavy (non-hydrogen) atoms. The number of hydrogen-bond donors (Lipinski definition) is 9. The highest BCUT2D eigenvalue weighted by Gasteiger charge is 2.61. The number of imide groups is 1. The number of nitrogens with zero attached hydrogens (tertiary/aromatic N) is 21. The molecule has 0 bridgehead atoms. The van der Waals surface area contributed by atoms with E-state index in [0.717, 1.165) is 101 Å². The van der Waals surface area contributed by atoms with Crippen LogP contribution in [0.5, 0.6) is 0 Å². The first kappa shape index (κ1) is 97.5. The highest BCUT2D eigenvalue weighted by molar-refractivity contribution is 6.62. The topological polar surface area (TPSA) is 577 Å². The highest BCUT2D eigenvalue weighted by atomic mass is 35.5. The Labute approximate surface area is 812 Å². The summed E-state index contributed by atoms with van der Waals surface area (Å²) in [5, 5.41) is 37.4. The molecule has 19 aromatic rings. The van der Waals surface area contributed by atoms with E-state index in [9.17, 15) is 43.5 Å². The van der Waals surface area contributed by atoms with Crippen molar-refractivity contribution < 1.29 is 57.5 Å². The molecule has 42 nitrogen and oxygen atoms in total. The number of H-pyrrole nitrogens is 2. The van der Waals surface area contributed by atoms with Crippen LogP contribution in [-0.4, -0.2) is 198 Å². The normalized spacial score (nSPS) is 15.7. The number of Topliss-reactive ketones (excluding diaryl/α,β-unsaturated/α-hetero) is 2. The number of carbonyl (C=O) groups excluding carboxylic acids is 7. The molecule has 14 N–H and O–H groups in total. The minimum absolute atomic E-state index is 0.00866. The van der Waals surface area contributed by atoms with Crippen molar-refractivity contribution in [3.05, 3.63) is 314 Å². The fourth-order valence-electron chi connectivity index (χ4n) is 16.3. The van der Waals surface area contributed by atoms with Crippen LogP contribution in [0.1, 0.15) is 150 Å². The molecule has 1 saturated heterocycles. The smallest absolute Gasteiger partial charge is 0.465 e. The van der Waals surface area contributed by atoms with Crippen LogP contribution in [0.3, 0.4) is 0 Å².